The molecule has 146 valence electrons. The van der Waals surface area contributed by atoms with Gasteiger partial charge in [-0.15, -0.1) is 5.10 Å². The van der Waals surface area contributed by atoms with Gasteiger partial charge in [0.1, 0.15) is 6.33 Å². The SMILES string of the molecule is CCc1ncc(N2CCOCC2)cc1Nc1ncn(-c2ccc(F)c(F)c2)n1. The molecule has 28 heavy (non-hydrogen) atoms. The van der Waals surface area contributed by atoms with Gasteiger partial charge in [0.05, 0.1) is 42.2 Å². The molecule has 1 aliphatic rings. The van der Waals surface area contributed by atoms with Gasteiger partial charge < -0.3 is 15.0 Å². The van der Waals surface area contributed by atoms with Gasteiger partial charge >= 0.3 is 0 Å². The first-order valence-corrected chi connectivity index (χ1v) is 9.10. The largest absolute Gasteiger partial charge is 0.378 e. The highest BCUT2D eigenvalue weighted by atomic mass is 19.2. The number of halogens is 2. The van der Waals surface area contributed by atoms with Crippen LogP contribution in [0.25, 0.3) is 5.69 Å². The summed E-state index contributed by atoms with van der Waals surface area (Å²) in [5, 5.41) is 7.50. The zero-order valence-corrected chi connectivity index (χ0v) is 15.4. The van der Waals surface area contributed by atoms with E-state index in [-0.39, 0.29) is 0 Å². The van der Waals surface area contributed by atoms with Crippen molar-refractivity contribution >= 4 is 17.3 Å². The van der Waals surface area contributed by atoms with Crippen LogP contribution in [0.15, 0.2) is 36.8 Å². The number of ether oxygens (including phenoxy) is 1. The predicted octanol–water partition coefficient (Wildman–Crippen LogP) is 3.08. The van der Waals surface area contributed by atoms with Gasteiger partial charge in [-0.3, -0.25) is 4.98 Å². The average Bonchev–Trinajstić information content (AvgIpc) is 3.19. The van der Waals surface area contributed by atoms with Crippen molar-refractivity contribution in [3.05, 3.63) is 54.1 Å². The predicted molar refractivity (Wildman–Crippen MR) is 101 cm³/mol. The minimum absolute atomic E-state index is 0.348. The van der Waals surface area contributed by atoms with E-state index in [4.69, 9.17) is 4.74 Å². The van der Waals surface area contributed by atoms with Crippen LogP contribution in [0.2, 0.25) is 0 Å². The molecule has 0 unspecified atom stereocenters. The van der Waals surface area contributed by atoms with Crippen LogP contribution in [0.4, 0.5) is 26.1 Å². The number of morpholine rings is 1. The molecular weight excluding hydrogens is 366 g/mol. The first kappa shape index (κ1) is 18.3. The molecule has 3 aromatic rings. The molecule has 3 heterocycles. The van der Waals surface area contributed by atoms with Crippen LogP contribution in [-0.4, -0.2) is 46.1 Å². The molecule has 1 saturated heterocycles. The van der Waals surface area contributed by atoms with Crippen LogP contribution >= 0.6 is 0 Å². The van der Waals surface area contributed by atoms with Crippen molar-refractivity contribution in [2.24, 2.45) is 0 Å². The number of hydrogen-bond donors (Lipinski definition) is 1. The minimum atomic E-state index is -0.932. The molecule has 1 N–H and O–H groups in total. The van der Waals surface area contributed by atoms with Crippen molar-refractivity contribution < 1.29 is 13.5 Å². The van der Waals surface area contributed by atoms with E-state index in [1.165, 1.54) is 17.1 Å². The molecule has 0 amide bonds. The van der Waals surface area contributed by atoms with E-state index in [9.17, 15) is 8.78 Å². The summed E-state index contributed by atoms with van der Waals surface area (Å²) < 4.78 is 33.4. The smallest absolute Gasteiger partial charge is 0.247 e. The number of hydrogen-bond acceptors (Lipinski definition) is 6. The third-order valence-corrected chi connectivity index (χ3v) is 4.57. The molecular formula is C19H20F2N6O. The molecule has 0 spiro atoms. The van der Waals surface area contributed by atoms with Crippen molar-refractivity contribution in [2.45, 2.75) is 13.3 Å². The van der Waals surface area contributed by atoms with E-state index in [0.717, 1.165) is 48.7 Å². The Hall–Kier alpha value is -3.07. The van der Waals surface area contributed by atoms with Gasteiger partial charge in [-0.2, -0.15) is 4.98 Å². The fourth-order valence-electron chi connectivity index (χ4n) is 3.06. The Morgan fingerprint density at radius 3 is 2.64 bits per heavy atom. The molecule has 0 aliphatic carbocycles. The highest BCUT2D eigenvalue weighted by Crippen LogP contribution is 2.25. The van der Waals surface area contributed by atoms with Gasteiger partial charge in [-0.1, -0.05) is 6.92 Å². The second-order valence-electron chi connectivity index (χ2n) is 6.38. The number of aryl methyl sites for hydroxylation is 1. The fourth-order valence-corrected chi connectivity index (χ4v) is 3.06. The molecule has 0 radical (unpaired) electrons. The molecule has 9 heteroatoms. The Kier molecular flexibility index (Phi) is 5.16. The van der Waals surface area contributed by atoms with Gasteiger partial charge in [0.2, 0.25) is 5.95 Å². The molecule has 0 saturated carbocycles. The topological polar surface area (TPSA) is 68.1 Å². The van der Waals surface area contributed by atoms with E-state index in [0.29, 0.717) is 24.8 Å². The Morgan fingerprint density at radius 1 is 1.07 bits per heavy atom. The summed E-state index contributed by atoms with van der Waals surface area (Å²) in [7, 11) is 0. The highest BCUT2D eigenvalue weighted by molar-refractivity contribution is 5.63. The standard InChI is InChI=1S/C19H20F2N6O/c1-2-17-18(10-14(11-22-17)26-5-7-28-8-6-26)24-19-23-12-27(25-19)13-3-4-15(20)16(21)9-13/h3-4,9-12H,2,5-8H2,1H3,(H,24,25). The van der Waals surface area contributed by atoms with E-state index < -0.39 is 11.6 Å². The van der Waals surface area contributed by atoms with Gasteiger partial charge in [-0.25, -0.2) is 13.5 Å². The van der Waals surface area contributed by atoms with E-state index in [2.05, 4.69) is 25.3 Å². The summed E-state index contributed by atoms with van der Waals surface area (Å²) in [6.45, 7) is 5.04. The third-order valence-electron chi connectivity index (χ3n) is 4.57. The van der Waals surface area contributed by atoms with E-state index in [1.807, 2.05) is 19.2 Å². The highest BCUT2D eigenvalue weighted by Gasteiger charge is 2.15. The number of rotatable bonds is 5. The van der Waals surface area contributed by atoms with Crippen LogP contribution in [0.3, 0.4) is 0 Å². The molecule has 1 aliphatic heterocycles. The summed E-state index contributed by atoms with van der Waals surface area (Å²) >= 11 is 0. The summed E-state index contributed by atoms with van der Waals surface area (Å²) in [4.78, 5) is 11.0. The molecule has 4 rings (SSSR count). The summed E-state index contributed by atoms with van der Waals surface area (Å²) in [5.41, 5.74) is 3.09. The average molecular weight is 386 g/mol. The normalized spacial score (nSPS) is 14.3. The molecule has 1 fully saturated rings. The van der Waals surface area contributed by atoms with E-state index >= 15 is 0 Å². The lowest BCUT2D eigenvalue weighted by atomic mass is 10.2. The molecule has 0 bridgehead atoms. The zero-order valence-electron chi connectivity index (χ0n) is 15.4. The lowest BCUT2D eigenvalue weighted by Gasteiger charge is -2.29. The van der Waals surface area contributed by atoms with Crippen molar-refractivity contribution in [3.8, 4) is 5.69 Å². The quantitative estimate of drug-likeness (QED) is 0.727. The molecule has 7 nitrogen and oxygen atoms in total. The van der Waals surface area contributed by atoms with Crippen molar-refractivity contribution in [1.29, 1.82) is 0 Å². The summed E-state index contributed by atoms with van der Waals surface area (Å²) in [6.07, 6.45) is 4.05. The Labute approximate surface area is 161 Å². The van der Waals surface area contributed by atoms with Crippen LogP contribution in [0.5, 0.6) is 0 Å². The maximum absolute atomic E-state index is 13.5. The number of benzene rings is 1. The first-order chi connectivity index (χ1) is 13.6. The Morgan fingerprint density at radius 2 is 1.89 bits per heavy atom. The number of anilines is 3. The second-order valence-corrected chi connectivity index (χ2v) is 6.38. The lowest BCUT2D eigenvalue weighted by Crippen LogP contribution is -2.36. The van der Waals surface area contributed by atoms with Crippen LogP contribution in [0.1, 0.15) is 12.6 Å². The minimum Gasteiger partial charge on any atom is -0.378 e. The monoisotopic (exact) mass is 386 g/mol. The van der Waals surface area contributed by atoms with Crippen molar-refractivity contribution in [1.82, 2.24) is 19.7 Å². The number of nitrogens with zero attached hydrogens (tertiary/aromatic N) is 5. The third kappa shape index (κ3) is 3.79. The van der Waals surface area contributed by atoms with Crippen LogP contribution in [-0.2, 0) is 11.2 Å². The van der Waals surface area contributed by atoms with Crippen molar-refractivity contribution in [2.75, 3.05) is 36.5 Å². The summed E-state index contributed by atoms with van der Waals surface area (Å²) in [5.74, 6) is -1.49. The number of pyridine rings is 1. The molecule has 2 aromatic heterocycles. The first-order valence-electron chi connectivity index (χ1n) is 9.10. The maximum atomic E-state index is 13.5. The van der Waals surface area contributed by atoms with Crippen molar-refractivity contribution in [3.63, 3.8) is 0 Å². The lowest BCUT2D eigenvalue weighted by molar-refractivity contribution is 0.122. The number of nitrogens with one attached hydrogen (secondary N) is 1. The van der Waals surface area contributed by atoms with Crippen LogP contribution in [0, 0.1) is 11.6 Å². The fraction of sp³-hybridized carbons (Fsp3) is 0.316. The van der Waals surface area contributed by atoms with E-state index in [1.54, 1.807) is 0 Å². The van der Waals surface area contributed by atoms with Crippen LogP contribution < -0.4 is 10.2 Å². The maximum Gasteiger partial charge on any atom is 0.247 e. The van der Waals surface area contributed by atoms with Gasteiger partial charge in [0.25, 0.3) is 0 Å². The second kappa shape index (κ2) is 7.89. The molecule has 1 aromatic carbocycles. The van der Waals surface area contributed by atoms with Gasteiger partial charge in [0.15, 0.2) is 11.6 Å². The summed E-state index contributed by atoms with van der Waals surface area (Å²) in [6, 6.07) is 5.60. The zero-order chi connectivity index (χ0) is 19.5. The Balaban J connectivity index is 1.58. The van der Waals surface area contributed by atoms with Gasteiger partial charge in [-0.05, 0) is 24.6 Å². The van der Waals surface area contributed by atoms with Gasteiger partial charge in [0, 0.05) is 19.2 Å². The molecule has 0 atom stereocenters. The Bertz CT molecular complexity index is 971. The number of aromatic nitrogens is 4.